The molecular weight excluding hydrogens is 228 g/mol. The lowest BCUT2D eigenvalue weighted by Gasteiger charge is -2.21. The van der Waals surface area contributed by atoms with Crippen LogP contribution in [0.3, 0.4) is 0 Å². The maximum atomic E-state index is 9.83. The smallest absolute Gasteiger partial charge is 0.0568 e. The predicted octanol–water partition coefficient (Wildman–Crippen LogP) is 3.67. The highest BCUT2D eigenvalue weighted by Gasteiger charge is 2.34. The van der Waals surface area contributed by atoms with Gasteiger partial charge in [-0.1, -0.05) is 25.1 Å². The van der Waals surface area contributed by atoms with Crippen molar-refractivity contribution in [1.29, 1.82) is 0 Å². The monoisotopic (exact) mass is 248 g/mol. The second-order valence-corrected chi connectivity index (χ2v) is 6.61. The topological polar surface area (TPSA) is 20.2 Å². The van der Waals surface area contributed by atoms with Crippen LogP contribution in [-0.4, -0.2) is 17.0 Å². The number of fused-ring (bicyclic) bond motifs is 1. The zero-order valence-corrected chi connectivity index (χ0v) is 11.1. The normalized spacial score (nSPS) is 36.1. The Morgan fingerprint density at radius 3 is 2.88 bits per heavy atom. The first-order valence-electron chi connectivity index (χ1n) is 6.65. The Morgan fingerprint density at radius 2 is 2.12 bits per heavy atom. The van der Waals surface area contributed by atoms with Crippen LogP contribution < -0.4 is 0 Å². The van der Waals surface area contributed by atoms with Crippen molar-refractivity contribution in [3.8, 4) is 0 Å². The van der Waals surface area contributed by atoms with Crippen molar-refractivity contribution in [3.05, 3.63) is 29.8 Å². The summed E-state index contributed by atoms with van der Waals surface area (Å²) in [5, 5.41) is 9.83. The average Bonchev–Trinajstić information content (AvgIpc) is 2.89. The molecule has 4 unspecified atom stereocenters. The third-order valence-corrected chi connectivity index (χ3v) is 5.82. The van der Waals surface area contributed by atoms with Gasteiger partial charge in [-0.25, -0.2) is 0 Å². The number of thioether (sulfide) groups is 1. The molecule has 1 aromatic carbocycles. The van der Waals surface area contributed by atoms with E-state index in [9.17, 15) is 5.11 Å². The van der Waals surface area contributed by atoms with E-state index in [2.05, 4.69) is 31.2 Å². The van der Waals surface area contributed by atoms with Crippen LogP contribution in [0.1, 0.15) is 37.7 Å². The van der Waals surface area contributed by atoms with Crippen molar-refractivity contribution in [2.24, 2.45) is 11.8 Å². The van der Waals surface area contributed by atoms with Gasteiger partial charge in [0.1, 0.15) is 0 Å². The highest BCUT2D eigenvalue weighted by molar-refractivity contribution is 7.99. The number of benzene rings is 1. The Balaban J connectivity index is 1.72. The van der Waals surface area contributed by atoms with Crippen molar-refractivity contribution in [3.63, 3.8) is 0 Å². The van der Waals surface area contributed by atoms with E-state index in [0.29, 0.717) is 11.8 Å². The summed E-state index contributed by atoms with van der Waals surface area (Å²) in [6, 6.07) is 8.82. The molecular formula is C15H20OS. The van der Waals surface area contributed by atoms with Gasteiger partial charge in [0, 0.05) is 10.6 Å². The number of hydrogen-bond donors (Lipinski definition) is 1. The van der Waals surface area contributed by atoms with Gasteiger partial charge in [0.15, 0.2) is 0 Å². The largest absolute Gasteiger partial charge is 0.393 e. The lowest BCUT2D eigenvalue weighted by atomic mass is 9.85. The summed E-state index contributed by atoms with van der Waals surface area (Å²) in [5.41, 5.74) is 1.55. The fourth-order valence-corrected chi connectivity index (χ4v) is 4.62. The first-order valence-corrected chi connectivity index (χ1v) is 7.64. The zero-order valence-electron chi connectivity index (χ0n) is 10.3. The second kappa shape index (κ2) is 4.66. The molecule has 1 N–H and O–H groups in total. The summed E-state index contributed by atoms with van der Waals surface area (Å²) >= 11 is 2.00. The lowest BCUT2D eigenvalue weighted by molar-refractivity contribution is 0.125. The van der Waals surface area contributed by atoms with Crippen molar-refractivity contribution in [2.45, 2.75) is 43.1 Å². The Bertz CT molecular complexity index is 404. The van der Waals surface area contributed by atoms with E-state index in [1.807, 2.05) is 11.8 Å². The Hall–Kier alpha value is -0.470. The maximum absolute atomic E-state index is 9.83. The van der Waals surface area contributed by atoms with Gasteiger partial charge in [0.2, 0.25) is 0 Å². The Morgan fingerprint density at radius 1 is 1.29 bits per heavy atom. The number of aliphatic hydroxyl groups excluding tert-OH is 1. The van der Waals surface area contributed by atoms with E-state index in [1.54, 1.807) is 5.56 Å². The average molecular weight is 248 g/mol. The molecule has 2 heteroatoms. The Kier molecular flexibility index (Phi) is 3.18. The van der Waals surface area contributed by atoms with E-state index in [1.165, 1.54) is 23.5 Å². The van der Waals surface area contributed by atoms with Crippen molar-refractivity contribution >= 4 is 11.8 Å². The highest BCUT2D eigenvalue weighted by Crippen LogP contribution is 2.46. The number of hydrogen-bond acceptors (Lipinski definition) is 2. The van der Waals surface area contributed by atoms with Crippen LogP contribution in [0.5, 0.6) is 0 Å². The van der Waals surface area contributed by atoms with Crippen LogP contribution >= 0.6 is 11.8 Å². The van der Waals surface area contributed by atoms with Gasteiger partial charge >= 0.3 is 0 Å². The molecule has 1 aromatic rings. The van der Waals surface area contributed by atoms with Crippen LogP contribution in [0.2, 0.25) is 0 Å². The van der Waals surface area contributed by atoms with Gasteiger partial charge in [0.25, 0.3) is 0 Å². The van der Waals surface area contributed by atoms with E-state index in [-0.39, 0.29) is 6.10 Å². The van der Waals surface area contributed by atoms with Gasteiger partial charge in [-0.05, 0) is 48.6 Å². The number of aliphatic hydroxyl groups is 1. The molecule has 1 aliphatic heterocycles. The molecule has 1 fully saturated rings. The fraction of sp³-hybridized carbons (Fsp3) is 0.600. The third-order valence-electron chi connectivity index (χ3n) is 4.57. The highest BCUT2D eigenvalue weighted by atomic mass is 32.2. The standard InChI is InChI=1S/C15H20OS/c1-10-11(6-7-14(10)16)8-12-9-17-15-5-3-2-4-13(12)15/h2-5,10-12,14,16H,6-9H2,1H3. The zero-order chi connectivity index (χ0) is 11.8. The molecule has 1 aliphatic carbocycles. The summed E-state index contributed by atoms with van der Waals surface area (Å²) < 4.78 is 0. The number of rotatable bonds is 2. The summed E-state index contributed by atoms with van der Waals surface area (Å²) in [4.78, 5) is 1.48. The predicted molar refractivity (Wildman–Crippen MR) is 72.4 cm³/mol. The maximum Gasteiger partial charge on any atom is 0.0568 e. The van der Waals surface area contributed by atoms with E-state index >= 15 is 0 Å². The molecule has 0 aromatic heterocycles. The third kappa shape index (κ3) is 2.13. The molecule has 92 valence electrons. The molecule has 3 rings (SSSR count). The van der Waals surface area contributed by atoms with Gasteiger partial charge in [-0.15, -0.1) is 11.8 Å². The van der Waals surface area contributed by atoms with Crippen LogP contribution in [0.4, 0.5) is 0 Å². The molecule has 0 saturated heterocycles. The lowest BCUT2D eigenvalue weighted by Crippen LogP contribution is -2.17. The summed E-state index contributed by atoms with van der Waals surface area (Å²) in [5.74, 6) is 3.17. The van der Waals surface area contributed by atoms with E-state index < -0.39 is 0 Å². The first kappa shape index (κ1) is 11.6. The molecule has 4 atom stereocenters. The first-order chi connectivity index (χ1) is 8.25. The SMILES string of the molecule is CC1C(O)CCC1CC1CSc2ccccc21. The van der Waals surface area contributed by atoms with Crippen molar-refractivity contribution in [1.82, 2.24) is 0 Å². The molecule has 0 radical (unpaired) electrons. The molecule has 0 spiro atoms. The van der Waals surface area contributed by atoms with Gasteiger partial charge in [-0.2, -0.15) is 0 Å². The quantitative estimate of drug-likeness (QED) is 0.861. The van der Waals surface area contributed by atoms with E-state index in [4.69, 9.17) is 0 Å². The fourth-order valence-electron chi connectivity index (χ4n) is 3.35. The molecule has 17 heavy (non-hydrogen) atoms. The Labute approximate surface area is 108 Å². The van der Waals surface area contributed by atoms with Gasteiger partial charge in [-0.3, -0.25) is 0 Å². The van der Waals surface area contributed by atoms with Crippen LogP contribution in [0, 0.1) is 11.8 Å². The van der Waals surface area contributed by atoms with Crippen LogP contribution in [0.15, 0.2) is 29.2 Å². The molecule has 1 saturated carbocycles. The summed E-state index contributed by atoms with van der Waals surface area (Å²) in [7, 11) is 0. The molecule has 1 nitrogen and oxygen atoms in total. The summed E-state index contributed by atoms with van der Waals surface area (Å²) in [6.07, 6.45) is 3.44. The molecule has 1 heterocycles. The van der Waals surface area contributed by atoms with Crippen LogP contribution in [0.25, 0.3) is 0 Å². The van der Waals surface area contributed by atoms with Gasteiger partial charge < -0.3 is 5.11 Å². The molecule has 0 amide bonds. The second-order valence-electron chi connectivity index (χ2n) is 5.55. The summed E-state index contributed by atoms with van der Waals surface area (Å²) in [6.45, 7) is 2.22. The minimum Gasteiger partial charge on any atom is -0.393 e. The van der Waals surface area contributed by atoms with Crippen LogP contribution in [-0.2, 0) is 0 Å². The van der Waals surface area contributed by atoms with E-state index in [0.717, 1.165) is 12.3 Å². The molecule has 0 bridgehead atoms. The van der Waals surface area contributed by atoms with Gasteiger partial charge in [0.05, 0.1) is 6.10 Å². The van der Waals surface area contributed by atoms with Crippen molar-refractivity contribution in [2.75, 3.05) is 5.75 Å². The minimum atomic E-state index is -0.0516. The molecule has 2 aliphatic rings. The minimum absolute atomic E-state index is 0.0516. The van der Waals surface area contributed by atoms with Crippen molar-refractivity contribution < 1.29 is 5.11 Å².